The Hall–Kier alpha value is -4.46. The van der Waals surface area contributed by atoms with Gasteiger partial charge in [0.1, 0.15) is 0 Å². The van der Waals surface area contributed by atoms with Crippen molar-refractivity contribution in [3.05, 3.63) is 105 Å². The summed E-state index contributed by atoms with van der Waals surface area (Å²) in [4.78, 5) is 28.6. The van der Waals surface area contributed by atoms with Crippen LogP contribution in [0, 0.1) is 16.0 Å². The van der Waals surface area contributed by atoms with E-state index < -0.39 is 4.92 Å². The molecule has 0 saturated heterocycles. The molecule has 2 atom stereocenters. The molecular weight excluding hydrogens is 490 g/mol. The van der Waals surface area contributed by atoms with Crippen molar-refractivity contribution in [3.63, 3.8) is 0 Å². The maximum absolute atomic E-state index is 13.8. The van der Waals surface area contributed by atoms with Crippen LogP contribution < -0.4 is 9.80 Å². The van der Waals surface area contributed by atoms with E-state index in [4.69, 9.17) is 5.10 Å². The molecule has 1 amide bonds. The Morgan fingerprint density at radius 2 is 1.51 bits per heavy atom. The summed E-state index contributed by atoms with van der Waals surface area (Å²) in [5, 5.41) is 17.7. The van der Waals surface area contributed by atoms with Gasteiger partial charge in [0.15, 0.2) is 0 Å². The molecule has 8 heteroatoms. The Kier molecular flexibility index (Phi) is 7.19. The SMILES string of the molecule is CN(C)c1ccc(C=C2CCC[C@H]3C2=NN(C(=O)c2ccc([N+](=O)[O-])cc2)[C@H]3c2ccc(N(C)C)cc2)cc1. The van der Waals surface area contributed by atoms with E-state index in [0.29, 0.717) is 5.56 Å². The Morgan fingerprint density at radius 1 is 0.923 bits per heavy atom. The molecule has 1 fully saturated rings. The van der Waals surface area contributed by atoms with Gasteiger partial charge in [0.2, 0.25) is 0 Å². The van der Waals surface area contributed by atoms with Gasteiger partial charge in [0.25, 0.3) is 11.6 Å². The fraction of sp³-hybridized carbons (Fsp3) is 0.290. The lowest BCUT2D eigenvalue weighted by atomic mass is 9.77. The molecule has 8 nitrogen and oxygen atoms in total. The van der Waals surface area contributed by atoms with Crippen molar-refractivity contribution < 1.29 is 9.72 Å². The van der Waals surface area contributed by atoms with E-state index in [2.05, 4.69) is 59.5 Å². The van der Waals surface area contributed by atoms with Crippen molar-refractivity contribution in [2.45, 2.75) is 25.3 Å². The molecule has 5 rings (SSSR count). The van der Waals surface area contributed by atoms with Gasteiger partial charge in [-0.05, 0) is 78.4 Å². The van der Waals surface area contributed by atoms with Crippen LogP contribution >= 0.6 is 0 Å². The molecule has 0 radical (unpaired) electrons. The van der Waals surface area contributed by atoms with Gasteiger partial charge in [-0.3, -0.25) is 14.9 Å². The largest absolute Gasteiger partial charge is 0.378 e. The quantitative estimate of drug-likeness (QED) is 0.285. The number of nitrogens with zero attached hydrogens (tertiary/aromatic N) is 5. The number of hydrogen-bond acceptors (Lipinski definition) is 6. The normalized spacial score (nSPS) is 19.4. The number of hydrazone groups is 1. The number of rotatable bonds is 6. The van der Waals surface area contributed by atoms with Gasteiger partial charge in [0.05, 0.1) is 16.7 Å². The number of anilines is 2. The molecule has 0 N–H and O–H groups in total. The summed E-state index contributed by atoms with van der Waals surface area (Å²) in [7, 11) is 8.04. The molecule has 3 aromatic rings. The molecule has 1 saturated carbocycles. The zero-order valence-electron chi connectivity index (χ0n) is 22.7. The van der Waals surface area contributed by atoms with E-state index in [-0.39, 0.29) is 23.6 Å². The van der Waals surface area contributed by atoms with Crippen molar-refractivity contribution in [1.29, 1.82) is 0 Å². The van der Waals surface area contributed by atoms with Crippen LogP contribution in [0.1, 0.15) is 46.8 Å². The van der Waals surface area contributed by atoms with Crippen molar-refractivity contribution in [3.8, 4) is 0 Å². The van der Waals surface area contributed by atoms with Crippen LogP contribution in [0.3, 0.4) is 0 Å². The number of benzene rings is 3. The topological polar surface area (TPSA) is 82.3 Å². The van der Waals surface area contributed by atoms with Crippen LogP contribution in [0.4, 0.5) is 17.1 Å². The first-order valence-electron chi connectivity index (χ1n) is 13.1. The van der Waals surface area contributed by atoms with E-state index in [1.165, 1.54) is 24.3 Å². The molecule has 0 unspecified atom stereocenters. The zero-order chi connectivity index (χ0) is 27.7. The first-order valence-corrected chi connectivity index (χ1v) is 13.1. The first kappa shape index (κ1) is 26.2. The molecule has 2 aliphatic rings. The maximum Gasteiger partial charge on any atom is 0.274 e. The summed E-state index contributed by atoms with van der Waals surface area (Å²) in [6.07, 6.45) is 5.03. The van der Waals surface area contributed by atoms with E-state index in [9.17, 15) is 14.9 Å². The highest BCUT2D eigenvalue weighted by Gasteiger charge is 2.44. The van der Waals surface area contributed by atoms with E-state index in [0.717, 1.165) is 53.0 Å². The number of nitro benzene ring substituents is 1. The number of non-ortho nitro benzene ring substituents is 1. The first-order chi connectivity index (χ1) is 18.7. The minimum atomic E-state index is -0.462. The van der Waals surface area contributed by atoms with Gasteiger partial charge in [-0.1, -0.05) is 24.3 Å². The van der Waals surface area contributed by atoms with Gasteiger partial charge < -0.3 is 9.80 Å². The zero-order valence-corrected chi connectivity index (χ0v) is 22.7. The molecule has 0 aromatic heterocycles. The van der Waals surface area contributed by atoms with Crippen LogP contribution in [0.25, 0.3) is 6.08 Å². The lowest BCUT2D eigenvalue weighted by molar-refractivity contribution is -0.384. The second-order valence-corrected chi connectivity index (χ2v) is 10.5. The number of carbonyl (C=O) groups excluding carboxylic acids is 1. The monoisotopic (exact) mass is 523 g/mol. The lowest BCUT2D eigenvalue weighted by Crippen LogP contribution is -2.32. The number of carbonyl (C=O) groups is 1. The number of amides is 1. The average Bonchev–Trinajstić information content (AvgIpc) is 3.33. The van der Waals surface area contributed by atoms with Crippen LogP contribution in [0.2, 0.25) is 0 Å². The van der Waals surface area contributed by atoms with Crippen LogP contribution in [0.15, 0.2) is 83.5 Å². The number of hydrogen-bond donors (Lipinski definition) is 0. The summed E-state index contributed by atoms with van der Waals surface area (Å²) >= 11 is 0. The third-order valence-corrected chi connectivity index (χ3v) is 7.54. The van der Waals surface area contributed by atoms with Crippen LogP contribution in [0.5, 0.6) is 0 Å². The second kappa shape index (κ2) is 10.7. The molecule has 0 spiro atoms. The molecule has 200 valence electrons. The second-order valence-electron chi connectivity index (χ2n) is 10.5. The van der Waals surface area contributed by atoms with Crippen molar-refractivity contribution in [2.24, 2.45) is 11.0 Å². The van der Waals surface area contributed by atoms with Crippen molar-refractivity contribution >= 4 is 34.8 Å². The lowest BCUT2D eigenvalue weighted by Gasteiger charge is -2.30. The maximum atomic E-state index is 13.8. The minimum absolute atomic E-state index is 0.0470. The van der Waals surface area contributed by atoms with Gasteiger partial charge in [0, 0.05) is 63.2 Å². The van der Waals surface area contributed by atoms with Gasteiger partial charge in [-0.15, -0.1) is 0 Å². The highest BCUT2D eigenvalue weighted by Crippen LogP contribution is 2.45. The van der Waals surface area contributed by atoms with Crippen LogP contribution in [-0.4, -0.2) is 49.7 Å². The summed E-state index contributed by atoms with van der Waals surface area (Å²) in [5.74, 6) is -0.193. The summed E-state index contributed by atoms with van der Waals surface area (Å²) < 4.78 is 0. The Morgan fingerprint density at radius 3 is 2.08 bits per heavy atom. The van der Waals surface area contributed by atoms with Gasteiger partial charge in [-0.2, -0.15) is 5.10 Å². The predicted molar refractivity (Wildman–Crippen MR) is 156 cm³/mol. The van der Waals surface area contributed by atoms with Crippen molar-refractivity contribution in [1.82, 2.24) is 5.01 Å². The summed E-state index contributed by atoms with van der Waals surface area (Å²) in [6, 6.07) is 22.2. The number of fused-ring (bicyclic) bond motifs is 1. The smallest absolute Gasteiger partial charge is 0.274 e. The molecule has 39 heavy (non-hydrogen) atoms. The Bertz CT molecular complexity index is 1420. The highest BCUT2D eigenvalue weighted by molar-refractivity contribution is 6.09. The van der Waals surface area contributed by atoms with Crippen LogP contribution in [-0.2, 0) is 0 Å². The Labute approximate surface area is 229 Å². The van der Waals surface area contributed by atoms with Gasteiger partial charge >= 0.3 is 0 Å². The molecule has 1 aliphatic carbocycles. The summed E-state index contributed by atoms with van der Waals surface area (Å²) in [5.41, 5.74) is 6.78. The Balaban J connectivity index is 1.54. The third-order valence-electron chi connectivity index (χ3n) is 7.54. The third kappa shape index (κ3) is 5.27. The average molecular weight is 524 g/mol. The van der Waals surface area contributed by atoms with E-state index in [1.54, 1.807) is 5.01 Å². The molecule has 0 bridgehead atoms. The number of nitro groups is 1. The summed E-state index contributed by atoms with van der Waals surface area (Å²) in [6.45, 7) is 0. The minimum Gasteiger partial charge on any atom is -0.378 e. The van der Waals surface area contributed by atoms with Gasteiger partial charge in [-0.25, -0.2) is 5.01 Å². The molecule has 1 heterocycles. The van der Waals surface area contributed by atoms with E-state index in [1.807, 2.05) is 33.1 Å². The fourth-order valence-corrected chi connectivity index (χ4v) is 5.40. The fourth-order valence-electron chi connectivity index (χ4n) is 5.40. The predicted octanol–water partition coefficient (Wildman–Crippen LogP) is 6.16. The molecular formula is C31H33N5O3. The standard InChI is InChI=1S/C31H33N5O3/c1-33(2)25-14-8-21(9-15-25)20-24-6-5-7-28-29(24)32-35(30(28)22-10-16-26(17-11-22)34(3)4)31(37)23-12-18-27(19-13-23)36(38)39/h8-20,28,30H,5-7H2,1-4H3/t28-,30-/m0/s1. The molecule has 1 aliphatic heterocycles. The molecule has 3 aromatic carbocycles. The number of allylic oxidation sites excluding steroid dienone is 1. The highest BCUT2D eigenvalue weighted by atomic mass is 16.6. The van der Waals surface area contributed by atoms with Crippen molar-refractivity contribution in [2.75, 3.05) is 38.0 Å². The van der Waals surface area contributed by atoms with E-state index >= 15 is 0 Å².